The van der Waals surface area contributed by atoms with Crippen LogP contribution >= 0.6 is 11.8 Å². The average molecular weight is 387 g/mol. The van der Waals surface area contributed by atoms with E-state index in [0.717, 1.165) is 30.0 Å². The number of methoxy groups -OCH3 is 1. The van der Waals surface area contributed by atoms with Crippen molar-refractivity contribution in [3.63, 3.8) is 0 Å². The van der Waals surface area contributed by atoms with Crippen LogP contribution in [0.25, 0.3) is 0 Å². The van der Waals surface area contributed by atoms with E-state index in [1.165, 1.54) is 12.0 Å². The molecule has 0 radical (unpaired) electrons. The normalized spacial score (nSPS) is 11.8. The van der Waals surface area contributed by atoms with Crippen LogP contribution in [0.15, 0.2) is 53.4 Å². The van der Waals surface area contributed by atoms with E-state index in [1.54, 1.807) is 18.9 Å². The average Bonchev–Trinajstić information content (AvgIpc) is 2.68. The van der Waals surface area contributed by atoms with E-state index in [1.807, 2.05) is 50.4 Å². The first-order valence-corrected chi connectivity index (χ1v) is 10.4. The van der Waals surface area contributed by atoms with Crippen molar-refractivity contribution in [2.45, 2.75) is 37.1 Å². The number of thioether (sulfide) groups is 1. The number of hydrogen-bond donors (Lipinski definition) is 2. The molecule has 0 spiro atoms. The first kappa shape index (κ1) is 21.3. The molecular weight excluding hydrogens is 356 g/mol. The highest BCUT2D eigenvalue weighted by molar-refractivity contribution is 7.99. The Hall–Kier alpha value is -1.98. The van der Waals surface area contributed by atoms with Gasteiger partial charge in [0.25, 0.3) is 5.91 Å². The minimum Gasteiger partial charge on any atom is -0.496 e. The van der Waals surface area contributed by atoms with Gasteiger partial charge in [-0.05, 0) is 69.3 Å². The molecule has 0 unspecified atom stereocenters. The van der Waals surface area contributed by atoms with Gasteiger partial charge >= 0.3 is 0 Å². The molecule has 2 rings (SSSR count). The Kier molecular flexibility index (Phi) is 9.22. The number of benzene rings is 2. The molecule has 0 aliphatic carbocycles. The van der Waals surface area contributed by atoms with E-state index in [2.05, 4.69) is 22.8 Å². The Morgan fingerprint density at radius 1 is 1.15 bits per heavy atom. The molecule has 0 heterocycles. The predicted octanol–water partition coefficient (Wildman–Crippen LogP) is 4.15. The van der Waals surface area contributed by atoms with Crippen molar-refractivity contribution in [1.29, 1.82) is 0 Å². The second-order valence-electron chi connectivity index (χ2n) is 6.59. The molecular formula is C22H30N2O2S. The fourth-order valence-corrected chi connectivity index (χ4v) is 3.80. The van der Waals surface area contributed by atoms with Gasteiger partial charge in [0, 0.05) is 10.9 Å². The second kappa shape index (κ2) is 11.7. The highest BCUT2D eigenvalue weighted by atomic mass is 32.2. The standard InChI is InChI=1S/C22H30N2O2S/c1-17(15-18-9-5-4-6-10-18)24-22(25)20-12-11-19(16-21(20)26-3)27-14-8-7-13-23-2/h4-6,9-12,16-17,23H,7-8,13-15H2,1-3H3,(H,24,25)/t17-/m1/s1. The van der Waals surface area contributed by atoms with Crippen LogP contribution in [0.2, 0.25) is 0 Å². The summed E-state index contributed by atoms with van der Waals surface area (Å²) in [5.74, 6) is 1.59. The van der Waals surface area contributed by atoms with Crippen molar-refractivity contribution in [3.8, 4) is 5.75 Å². The van der Waals surface area contributed by atoms with Crippen molar-refractivity contribution in [2.24, 2.45) is 0 Å². The van der Waals surface area contributed by atoms with E-state index in [9.17, 15) is 4.79 Å². The molecule has 4 nitrogen and oxygen atoms in total. The maximum Gasteiger partial charge on any atom is 0.255 e. The lowest BCUT2D eigenvalue weighted by Crippen LogP contribution is -2.34. The van der Waals surface area contributed by atoms with Crippen LogP contribution in [-0.4, -0.2) is 38.4 Å². The zero-order chi connectivity index (χ0) is 19.5. The van der Waals surface area contributed by atoms with Crippen LogP contribution in [0.1, 0.15) is 35.7 Å². The van der Waals surface area contributed by atoms with E-state index in [-0.39, 0.29) is 11.9 Å². The van der Waals surface area contributed by atoms with Gasteiger partial charge < -0.3 is 15.4 Å². The lowest BCUT2D eigenvalue weighted by atomic mass is 10.1. The topological polar surface area (TPSA) is 50.4 Å². The first-order valence-electron chi connectivity index (χ1n) is 9.44. The third-order valence-electron chi connectivity index (χ3n) is 4.27. The lowest BCUT2D eigenvalue weighted by Gasteiger charge is -2.16. The number of carbonyl (C=O) groups is 1. The van der Waals surface area contributed by atoms with Crippen LogP contribution in [0.5, 0.6) is 5.75 Å². The fourth-order valence-electron chi connectivity index (χ4n) is 2.86. The van der Waals surface area contributed by atoms with Crippen LogP contribution < -0.4 is 15.4 Å². The Morgan fingerprint density at radius 3 is 2.63 bits per heavy atom. The zero-order valence-electron chi connectivity index (χ0n) is 16.5. The van der Waals surface area contributed by atoms with Crippen molar-refractivity contribution in [1.82, 2.24) is 10.6 Å². The van der Waals surface area contributed by atoms with Crippen molar-refractivity contribution in [3.05, 3.63) is 59.7 Å². The zero-order valence-corrected chi connectivity index (χ0v) is 17.3. The molecule has 1 atom stereocenters. The van der Waals surface area contributed by atoms with E-state index in [4.69, 9.17) is 4.74 Å². The van der Waals surface area contributed by atoms with Crippen LogP contribution in [-0.2, 0) is 6.42 Å². The number of hydrogen-bond acceptors (Lipinski definition) is 4. The molecule has 2 aromatic rings. The molecule has 0 aliphatic heterocycles. The molecule has 2 N–H and O–H groups in total. The van der Waals surface area contributed by atoms with Crippen LogP contribution in [0, 0.1) is 0 Å². The van der Waals surface area contributed by atoms with Gasteiger partial charge in [0.2, 0.25) is 0 Å². The van der Waals surface area contributed by atoms with Gasteiger partial charge in [-0.25, -0.2) is 0 Å². The molecule has 0 saturated heterocycles. The Morgan fingerprint density at radius 2 is 1.93 bits per heavy atom. The van der Waals surface area contributed by atoms with E-state index in [0.29, 0.717) is 11.3 Å². The Balaban J connectivity index is 1.92. The van der Waals surface area contributed by atoms with Crippen LogP contribution in [0.3, 0.4) is 0 Å². The summed E-state index contributed by atoms with van der Waals surface area (Å²) in [6.45, 7) is 3.07. The molecule has 0 bridgehead atoms. The van der Waals surface area contributed by atoms with Gasteiger partial charge in [-0.2, -0.15) is 0 Å². The molecule has 0 aliphatic rings. The summed E-state index contributed by atoms with van der Waals surface area (Å²) < 4.78 is 5.47. The number of nitrogens with one attached hydrogen (secondary N) is 2. The van der Waals surface area contributed by atoms with Crippen molar-refractivity contribution < 1.29 is 9.53 Å². The third kappa shape index (κ3) is 7.27. The summed E-state index contributed by atoms with van der Waals surface area (Å²) >= 11 is 1.80. The largest absolute Gasteiger partial charge is 0.496 e. The van der Waals surface area contributed by atoms with Crippen LogP contribution in [0.4, 0.5) is 0 Å². The fraction of sp³-hybridized carbons (Fsp3) is 0.409. The molecule has 27 heavy (non-hydrogen) atoms. The monoisotopic (exact) mass is 386 g/mol. The molecule has 146 valence electrons. The molecule has 5 heteroatoms. The Labute approximate surface area is 167 Å². The van der Waals surface area contributed by atoms with Gasteiger partial charge in [-0.1, -0.05) is 30.3 Å². The summed E-state index contributed by atoms with van der Waals surface area (Å²) in [5.41, 5.74) is 1.79. The number of amides is 1. The van der Waals surface area contributed by atoms with Gasteiger partial charge in [0.15, 0.2) is 0 Å². The molecule has 1 amide bonds. The smallest absolute Gasteiger partial charge is 0.255 e. The Bertz CT molecular complexity index is 707. The number of unbranched alkanes of at least 4 members (excludes halogenated alkanes) is 1. The summed E-state index contributed by atoms with van der Waals surface area (Å²) in [7, 11) is 3.59. The molecule has 0 fully saturated rings. The molecule has 0 aromatic heterocycles. The third-order valence-corrected chi connectivity index (χ3v) is 5.35. The van der Waals surface area contributed by atoms with Gasteiger partial charge in [0.1, 0.15) is 5.75 Å². The molecule has 0 saturated carbocycles. The minimum atomic E-state index is -0.0964. The highest BCUT2D eigenvalue weighted by Crippen LogP contribution is 2.27. The quantitative estimate of drug-likeness (QED) is 0.450. The van der Waals surface area contributed by atoms with Gasteiger partial charge in [-0.3, -0.25) is 4.79 Å². The number of ether oxygens (including phenoxy) is 1. The van der Waals surface area contributed by atoms with Crippen molar-refractivity contribution >= 4 is 17.7 Å². The summed E-state index contributed by atoms with van der Waals surface area (Å²) in [6.07, 6.45) is 3.13. The summed E-state index contributed by atoms with van der Waals surface area (Å²) in [6, 6.07) is 16.0. The van der Waals surface area contributed by atoms with E-state index >= 15 is 0 Å². The van der Waals surface area contributed by atoms with Crippen molar-refractivity contribution in [2.75, 3.05) is 26.5 Å². The number of rotatable bonds is 11. The van der Waals surface area contributed by atoms with Gasteiger partial charge in [0.05, 0.1) is 12.7 Å². The summed E-state index contributed by atoms with van der Waals surface area (Å²) in [4.78, 5) is 13.8. The molecule has 2 aromatic carbocycles. The first-order chi connectivity index (χ1) is 13.1. The van der Waals surface area contributed by atoms with Gasteiger partial charge in [-0.15, -0.1) is 11.8 Å². The second-order valence-corrected chi connectivity index (χ2v) is 7.75. The highest BCUT2D eigenvalue weighted by Gasteiger charge is 2.15. The SMILES string of the molecule is CNCCCCSc1ccc(C(=O)N[C@H](C)Cc2ccccc2)c(OC)c1. The van der Waals surface area contributed by atoms with E-state index < -0.39 is 0 Å². The number of carbonyl (C=O) groups excluding carboxylic acids is 1. The predicted molar refractivity (Wildman–Crippen MR) is 114 cm³/mol. The summed E-state index contributed by atoms with van der Waals surface area (Å²) in [5, 5.41) is 6.23. The maximum atomic E-state index is 12.7. The maximum absolute atomic E-state index is 12.7. The minimum absolute atomic E-state index is 0.0471. The lowest BCUT2D eigenvalue weighted by molar-refractivity contribution is 0.0937.